The van der Waals surface area contributed by atoms with Crippen LogP contribution in [0.3, 0.4) is 0 Å². The first-order valence-corrected chi connectivity index (χ1v) is 7.73. The van der Waals surface area contributed by atoms with Crippen molar-refractivity contribution in [2.45, 2.75) is 32.1 Å². The SMILES string of the molecule is COc1cc(CCCCN)cc(Br)c1OCC1CC1. The van der Waals surface area contributed by atoms with Gasteiger partial charge >= 0.3 is 0 Å². The summed E-state index contributed by atoms with van der Waals surface area (Å²) in [6, 6.07) is 4.20. The van der Waals surface area contributed by atoms with Crippen molar-refractivity contribution in [3.63, 3.8) is 0 Å². The molecule has 2 rings (SSSR count). The Kier molecular flexibility index (Phi) is 5.52. The predicted octanol–water partition coefficient (Wildman–Crippen LogP) is 3.53. The van der Waals surface area contributed by atoms with Gasteiger partial charge < -0.3 is 15.2 Å². The van der Waals surface area contributed by atoms with E-state index in [4.69, 9.17) is 15.2 Å². The van der Waals surface area contributed by atoms with Gasteiger partial charge in [-0.1, -0.05) is 0 Å². The van der Waals surface area contributed by atoms with Crippen molar-refractivity contribution >= 4 is 15.9 Å². The van der Waals surface area contributed by atoms with E-state index in [0.717, 1.165) is 54.3 Å². The van der Waals surface area contributed by atoms with E-state index in [1.54, 1.807) is 7.11 Å². The summed E-state index contributed by atoms with van der Waals surface area (Å²) in [5.74, 6) is 2.38. The molecule has 1 aromatic carbocycles. The van der Waals surface area contributed by atoms with Gasteiger partial charge in [0.15, 0.2) is 11.5 Å². The number of aryl methyl sites for hydroxylation is 1. The zero-order valence-electron chi connectivity index (χ0n) is 11.5. The van der Waals surface area contributed by atoms with Gasteiger partial charge in [-0.25, -0.2) is 0 Å². The van der Waals surface area contributed by atoms with Crippen molar-refractivity contribution in [2.75, 3.05) is 20.3 Å². The highest BCUT2D eigenvalue weighted by Crippen LogP contribution is 2.39. The second-order valence-corrected chi connectivity index (χ2v) is 5.96. The van der Waals surface area contributed by atoms with Gasteiger partial charge in [-0.05, 0) is 78.2 Å². The molecule has 0 spiro atoms. The summed E-state index contributed by atoms with van der Waals surface area (Å²) in [5.41, 5.74) is 6.78. The molecule has 1 aliphatic rings. The third kappa shape index (κ3) is 4.39. The molecule has 0 bridgehead atoms. The van der Waals surface area contributed by atoms with Gasteiger partial charge in [0.05, 0.1) is 18.2 Å². The van der Waals surface area contributed by atoms with Crippen LogP contribution in [0.5, 0.6) is 11.5 Å². The lowest BCUT2D eigenvalue weighted by Crippen LogP contribution is -2.03. The van der Waals surface area contributed by atoms with E-state index in [1.807, 2.05) is 0 Å². The lowest BCUT2D eigenvalue weighted by molar-refractivity contribution is 0.278. The van der Waals surface area contributed by atoms with Crippen molar-refractivity contribution in [1.82, 2.24) is 0 Å². The Labute approximate surface area is 123 Å². The van der Waals surface area contributed by atoms with E-state index in [9.17, 15) is 0 Å². The van der Waals surface area contributed by atoms with E-state index in [2.05, 4.69) is 28.1 Å². The fourth-order valence-electron chi connectivity index (χ4n) is 2.02. The lowest BCUT2D eigenvalue weighted by Gasteiger charge is -2.14. The number of hydrogen-bond acceptors (Lipinski definition) is 3. The molecular weight excluding hydrogens is 306 g/mol. The average Bonchev–Trinajstić information content (AvgIpc) is 3.21. The van der Waals surface area contributed by atoms with Gasteiger partial charge in [0.25, 0.3) is 0 Å². The molecule has 0 atom stereocenters. The third-order valence-corrected chi connectivity index (χ3v) is 3.96. The van der Waals surface area contributed by atoms with Crippen LogP contribution in [0.25, 0.3) is 0 Å². The summed E-state index contributed by atoms with van der Waals surface area (Å²) in [6.07, 6.45) is 5.76. The zero-order chi connectivity index (χ0) is 13.7. The van der Waals surface area contributed by atoms with Crippen LogP contribution in [0.1, 0.15) is 31.2 Å². The smallest absolute Gasteiger partial charge is 0.175 e. The lowest BCUT2D eigenvalue weighted by atomic mass is 10.1. The van der Waals surface area contributed by atoms with Crippen LogP contribution in [0.2, 0.25) is 0 Å². The van der Waals surface area contributed by atoms with Crippen LogP contribution >= 0.6 is 15.9 Å². The van der Waals surface area contributed by atoms with Crippen LogP contribution in [0, 0.1) is 5.92 Å². The van der Waals surface area contributed by atoms with Gasteiger partial charge in [0.2, 0.25) is 0 Å². The van der Waals surface area contributed by atoms with Crippen LogP contribution in [0.4, 0.5) is 0 Å². The number of ether oxygens (including phenoxy) is 2. The molecule has 0 radical (unpaired) electrons. The van der Waals surface area contributed by atoms with E-state index in [1.165, 1.54) is 18.4 Å². The van der Waals surface area contributed by atoms with Gasteiger partial charge in [-0.15, -0.1) is 0 Å². The van der Waals surface area contributed by atoms with Crippen LogP contribution in [-0.2, 0) is 6.42 Å². The topological polar surface area (TPSA) is 44.5 Å². The maximum Gasteiger partial charge on any atom is 0.175 e. The molecule has 0 aliphatic heterocycles. The van der Waals surface area contributed by atoms with Gasteiger partial charge in [0.1, 0.15) is 0 Å². The van der Waals surface area contributed by atoms with Crippen LogP contribution in [0.15, 0.2) is 16.6 Å². The van der Waals surface area contributed by atoms with Crippen molar-refractivity contribution in [3.05, 3.63) is 22.2 Å². The second-order valence-electron chi connectivity index (χ2n) is 5.11. The molecule has 106 valence electrons. The highest BCUT2D eigenvalue weighted by Gasteiger charge is 2.23. The van der Waals surface area contributed by atoms with Crippen molar-refractivity contribution < 1.29 is 9.47 Å². The van der Waals surface area contributed by atoms with Gasteiger partial charge in [-0.2, -0.15) is 0 Å². The first-order chi connectivity index (χ1) is 9.24. The molecule has 0 amide bonds. The quantitative estimate of drug-likeness (QED) is 0.743. The largest absolute Gasteiger partial charge is 0.493 e. The first-order valence-electron chi connectivity index (χ1n) is 6.94. The zero-order valence-corrected chi connectivity index (χ0v) is 13.0. The van der Waals surface area contributed by atoms with E-state index in [-0.39, 0.29) is 0 Å². The fraction of sp³-hybridized carbons (Fsp3) is 0.600. The summed E-state index contributed by atoms with van der Waals surface area (Å²) in [4.78, 5) is 0. The number of benzene rings is 1. The minimum Gasteiger partial charge on any atom is -0.493 e. The Balaban J connectivity index is 2.04. The molecule has 1 saturated carbocycles. The summed E-state index contributed by atoms with van der Waals surface area (Å²) in [7, 11) is 1.69. The molecular formula is C15H22BrNO2. The number of hydrogen-bond donors (Lipinski definition) is 1. The normalized spacial score (nSPS) is 14.5. The number of nitrogens with two attached hydrogens (primary N) is 1. The minimum atomic E-state index is 0.737. The fourth-order valence-corrected chi connectivity index (χ4v) is 2.62. The molecule has 3 nitrogen and oxygen atoms in total. The predicted molar refractivity (Wildman–Crippen MR) is 80.9 cm³/mol. The summed E-state index contributed by atoms with van der Waals surface area (Å²) >= 11 is 3.59. The molecule has 1 aliphatic carbocycles. The van der Waals surface area contributed by atoms with E-state index in [0.29, 0.717) is 0 Å². The Hall–Kier alpha value is -0.740. The second kappa shape index (κ2) is 7.15. The summed E-state index contributed by atoms with van der Waals surface area (Å²) < 4.78 is 12.3. The highest BCUT2D eigenvalue weighted by molar-refractivity contribution is 9.10. The molecule has 0 saturated heterocycles. The Morgan fingerprint density at radius 2 is 2.11 bits per heavy atom. The number of unbranched alkanes of at least 4 members (excludes halogenated alkanes) is 1. The van der Waals surface area contributed by atoms with Crippen LogP contribution in [-0.4, -0.2) is 20.3 Å². The molecule has 0 unspecified atom stereocenters. The Bertz CT molecular complexity index is 419. The van der Waals surface area contributed by atoms with Gasteiger partial charge in [0, 0.05) is 0 Å². The summed E-state index contributed by atoms with van der Waals surface area (Å²) in [5, 5.41) is 0. The van der Waals surface area contributed by atoms with Gasteiger partial charge in [-0.3, -0.25) is 0 Å². The third-order valence-electron chi connectivity index (χ3n) is 3.37. The monoisotopic (exact) mass is 327 g/mol. The van der Waals surface area contributed by atoms with E-state index >= 15 is 0 Å². The molecule has 0 aromatic heterocycles. The molecule has 0 heterocycles. The van der Waals surface area contributed by atoms with Crippen molar-refractivity contribution in [3.8, 4) is 11.5 Å². The van der Waals surface area contributed by atoms with E-state index < -0.39 is 0 Å². The molecule has 1 fully saturated rings. The number of halogens is 1. The average molecular weight is 328 g/mol. The van der Waals surface area contributed by atoms with Crippen molar-refractivity contribution in [2.24, 2.45) is 11.7 Å². The maximum absolute atomic E-state index is 5.87. The first kappa shape index (κ1) is 14.7. The summed E-state index contributed by atoms with van der Waals surface area (Å²) in [6.45, 7) is 1.54. The maximum atomic E-state index is 5.87. The van der Waals surface area contributed by atoms with Crippen molar-refractivity contribution in [1.29, 1.82) is 0 Å². The minimum absolute atomic E-state index is 0.737. The Morgan fingerprint density at radius 1 is 1.32 bits per heavy atom. The molecule has 2 N–H and O–H groups in total. The number of methoxy groups -OCH3 is 1. The van der Waals surface area contributed by atoms with Crippen LogP contribution < -0.4 is 15.2 Å². The molecule has 1 aromatic rings. The Morgan fingerprint density at radius 3 is 2.74 bits per heavy atom. The standard InChI is InChI=1S/C15H22BrNO2/c1-18-14-9-12(4-2-3-7-17)8-13(16)15(14)19-10-11-5-6-11/h8-9,11H,2-7,10,17H2,1H3. The highest BCUT2D eigenvalue weighted by atomic mass is 79.9. The number of rotatable bonds is 8. The molecule has 19 heavy (non-hydrogen) atoms. The molecule has 4 heteroatoms.